The number of fused-ring (bicyclic) bond motifs is 1. The standard InChI is InChI=1S/C27H35F3N4O3Si/c1-26(2,3)38(4,5)37-14-19-21-20(15-9-10-15)22(25(36)32-23(21)34(33-19)18-11-12-18)31-24(35)16-7-6-8-17(13-16)27(28,29)30/h6-8,13,15,18,20,22H,9-12,14H2,1-5H3,(H,31,35)(H,32,36)/t20-,22+/m1/s1. The molecule has 0 bridgehead atoms. The van der Waals surface area contributed by atoms with Crippen molar-refractivity contribution in [2.45, 2.75) is 95.4 Å². The maximum Gasteiger partial charge on any atom is 0.416 e. The van der Waals surface area contributed by atoms with Gasteiger partial charge >= 0.3 is 6.18 Å². The van der Waals surface area contributed by atoms with Crippen LogP contribution in [0, 0.1) is 5.92 Å². The van der Waals surface area contributed by atoms with Crippen molar-refractivity contribution < 1.29 is 27.2 Å². The highest BCUT2D eigenvalue weighted by Gasteiger charge is 2.49. The van der Waals surface area contributed by atoms with Crippen molar-refractivity contribution in [2.75, 3.05) is 5.32 Å². The Morgan fingerprint density at radius 1 is 1.18 bits per heavy atom. The first kappa shape index (κ1) is 26.9. The van der Waals surface area contributed by atoms with E-state index in [2.05, 4.69) is 44.5 Å². The highest BCUT2D eigenvalue weighted by molar-refractivity contribution is 6.74. The second-order valence-electron chi connectivity index (χ2n) is 12.3. The monoisotopic (exact) mass is 548 g/mol. The lowest BCUT2D eigenvalue weighted by Crippen LogP contribution is -2.51. The molecule has 2 aliphatic carbocycles. The van der Waals surface area contributed by atoms with E-state index in [0.29, 0.717) is 12.4 Å². The van der Waals surface area contributed by atoms with E-state index >= 15 is 0 Å². The van der Waals surface area contributed by atoms with Gasteiger partial charge in [-0.05, 0) is 67.9 Å². The lowest BCUT2D eigenvalue weighted by molar-refractivity contribution is -0.137. The van der Waals surface area contributed by atoms with Gasteiger partial charge in [-0.15, -0.1) is 0 Å². The highest BCUT2D eigenvalue weighted by atomic mass is 28.4. The van der Waals surface area contributed by atoms with Crippen LogP contribution in [0.4, 0.5) is 19.0 Å². The Labute approximate surface area is 221 Å². The molecule has 5 rings (SSSR count). The van der Waals surface area contributed by atoms with E-state index in [9.17, 15) is 22.8 Å². The molecule has 0 spiro atoms. The van der Waals surface area contributed by atoms with Crippen molar-refractivity contribution in [1.29, 1.82) is 0 Å². The molecule has 2 aromatic rings. The Morgan fingerprint density at radius 3 is 2.45 bits per heavy atom. The van der Waals surface area contributed by atoms with E-state index in [1.807, 2.05) is 4.68 Å². The van der Waals surface area contributed by atoms with Gasteiger partial charge in [0, 0.05) is 17.0 Å². The van der Waals surface area contributed by atoms with E-state index in [-0.39, 0.29) is 34.4 Å². The fourth-order valence-electron chi connectivity index (χ4n) is 4.83. The smallest absolute Gasteiger partial charge is 0.411 e. The third kappa shape index (κ3) is 5.14. The van der Waals surface area contributed by atoms with Crippen molar-refractivity contribution in [1.82, 2.24) is 15.1 Å². The summed E-state index contributed by atoms with van der Waals surface area (Å²) in [5, 5.41) is 10.7. The van der Waals surface area contributed by atoms with Crippen LogP contribution in [0.2, 0.25) is 18.1 Å². The zero-order valence-electron chi connectivity index (χ0n) is 22.4. The van der Waals surface area contributed by atoms with Gasteiger partial charge in [-0.3, -0.25) is 9.59 Å². The third-order valence-electron chi connectivity index (χ3n) is 8.38. The molecule has 11 heteroatoms. The van der Waals surface area contributed by atoms with E-state index in [1.54, 1.807) is 0 Å². The largest absolute Gasteiger partial charge is 0.416 e. The van der Waals surface area contributed by atoms with E-state index in [0.717, 1.165) is 49.1 Å². The number of carbonyl (C=O) groups excluding carboxylic acids is 2. The van der Waals surface area contributed by atoms with Crippen LogP contribution < -0.4 is 10.6 Å². The first-order valence-corrected chi connectivity index (χ1v) is 16.1. The van der Waals surface area contributed by atoms with Crippen LogP contribution in [-0.2, 0) is 22.0 Å². The Hall–Kier alpha value is -2.66. The SMILES string of the molecule is CC(C)(C)[Si](C)(C)OCc1nn(C2CC2)c2c1[C@@H](C1CC1)[C@H](NC(=O)c1cccc(C(F)(F)F)c1)C(=O)N2. The number of rotatable bonds is 7. The summed E-state index contributed by atoms with van der Waals surface area (Å²) >= 11 is 0. The number of amides is 2. The Balaban J connectivity index is 1.47. The molecule has 0 unspecified atom stereocenters. The van der Waals surface area contributed by atoms with Crippen LogP contribution in [0.15, 0.2) is 24.3 Å². The number of halogens is 3. The fraction of sp³-hybridized carbons (Fsp3) is 0.593. The molecule has 2 fully saturated rings. The number of nitrogens with zero attached hydrogens (tertiary/aromatic N) is 2. The van der Waals surface area contributed by atoms with Crippen molar-refractivity contribution in [3.05, 3.63) is 46.6 Å². The lowest BCUT2D eigenvalue weighted by Gasteiger charge is -2.36. The zero-order chi connectivity index (χ0) is 27.6. The number of nitrogens with one attached hydrogen (secondary N) is 2. The first-order valence-electron chi connectivity index (χ1n) is 13.2. The Morgan fingerprint density at radius 2 is 1.87 bits per heavy atom. The van der Waals surface area contributed by atoms with Gasteiger partial charge in [-0.1, -0.05) is 26.8 Å². The van der Waals surface area contributed by atoms with Gasteiger partial charge in [-0.25, -0.2) is 4.68 Å². The number of anilines is 1. The molecule has 1 aromatic heterocycles. The maximum absolute atomic E-state index is 13.4. The Bertz CT molecular complexity index is 1260. The molecule has 206 valence electrons. The minimum atomic E-state index is -4.57. The molecule has 2 saturated carbocycles. The highest BCUT2D eigenvalue weighted by Crippen LogP contribution is 2.52. The maximum atomic E-state index is 13.4. The van der Waals surface area contributed by atoms with Gasteiger partial charge in [0.2, 0.25) is 5.91 Å². The number of hydrogen-bond acceptors (Lipinski definition) is 4. The minimum Gasteiger partial charge on any atom is -0.411 e. The molecule has 2 N–H and O–H groups in total. The minimum absolute atomic E-state index is 0.0116. The van der Waals surface area contributed by atoms with Crippen LogP contribution >= 0.6 is 0 Å². The molecule has 0 radical (unpaired) electrons. The number of hydrogen-bond donors (Lipinski definition) is 2. The van der Waals surface area contributed by atoms with Crippen molar-refractivity contribution >= 4 is 25.9 Å². The normalized spacial score (nSPS) is 22.2. The summed E-state index contributed by atoms with van der Waals surface area (Å²) < 4.78 is 48.1. The average Bonchev–Trinajstić information content (AvgIpc) is 3.75. The molecule has 2 atom stereocenters. The van der Waals surface area contributed by atoms with Crippen LogP contribution in [0.3, 0.4) is 0 Å². The summed E-state index contributed by atoms with van der Waals surface area (Å²) in [6.07, 6.45) is -0.790. The lowest BCUT2D eigenvalue weighted by atomic mass is 9.83. The predicted molar refractivity (Wildman–Crippen MR) is 139 cm³/mol. The Kier molecular flexibility index (Phi) is 6.53. The summed E-state index contributed by atoms with van der Waals surface area (Å²) in [6.45, 7) is 11.2. The summed E-state index contributed by atoms with van der Waals surface area (Å²) in [5.74, 6) is -0.547. The van der Waals surface area contributed by atoms with Crippen LogP contribution in [0.5, 0.6) is 0 Å². The quantitative estimate of drug-likeness (QED) is 0.416. The van der Waals surface area contributed by atoms with E-state index in [4.69, 9.17) is 9.52 Å². The predicted octanol–water partition coefficient (Wildman–Crippen LogP) is 6.00. The average molecular weight is 549 g/mol. The number of alkyl halides is 3. The molecular formula is C27H35F3N4O3Si. The molecule has 1 aromatic carbocycles. The zero-order valence-corrected chi connectivity index (χ0v) is 23.4. The molecule has 0 saturated heterocycles. The van der Waals surface area contributed by atoms with E-state index < -0.39 is 32.0 Å². The van der Waals surface area contributed by atoms with Gasteiger partial charge in [0.15, 0.2) is 8.32 Å². The fourth-order valence-corrected chi connectivity index (χ4v) is 5.76. The second-order valence-corrected chi connectivity index (χ2v) is 17.1. The van der Waals surface area contributed by atoms with Crippen molar-refractivity contribution in [3.63, 3.8) is 0 Å². The van der Waals surface area contributed by atoms with Gasteiger partial charge in [0.1, 0.15) is 11.9 Å². The van der Waals surface area contributed by atoms with Gasteiger partial charge < -0.3 is 15.1 Å². The number of benzene rings is 1. The summed E-state index contributed by atoms with van der Waals surface area (Å²) in [5.41, 5.74) is 0.622. The molecule has 38 heavy (non-hydrogen) atoms. The van der Waals surface area contributed by atoms with Crippen molar-refractivity contribution in [2.24, 2.45) is 5.92 Å². The summed E-state index contributed by atoms with van der Waals surface area (Å²) in [4.78, 5) is 26.5. The van der Waals surface area contributed by atoms with Crippen LogP contribution in [-0.4, -0.2) is 36.0 Å². The molecule has 2 heterocycles. The molecule has 1 aliphatic heterocycles. The summed E-state index contributed by atoms with van der Waals surface area (Å²) in [6, 6.07) is 3.57. The first-order chi connectivity index (χ1) is 17.7. The van der Waals surface area contributed by atoms with E-state index in [1.165, 1.54) is 12.1 Å². The molecule has 7 nitrogen and oxygen atoms in total. The molecular weight excluding hydrogens is 513 g/mol. The van der Waals surface area contributed by atoms with Gasteiger partial charge in [-0.2, -0.15) is 18.3 Å². The van der Waals surface area contributed by atoms with Crippen LogP contribution in [0.25, 0.3) is 0 Å². The van der Waals surface area contributed by atoms with Gasteiger partial charge in [0.05, 0.1) is 23.9 Å². The van der Waals surface area contributed by atoms with Gasteiger partial charge in [0.25, 0.3) is 5.91 Å². The van der Waals surface area contributed by atoms with Crippen molar-refractivity contribution in [3.8, 4) is 0 Å². The summed E-state index contributed by atoms with van der Waals surface area (Å²) in [7, 11) is -2.09. The number of carbonyl (C=O) groups is 2. The topological polar surface area (TPSA) is 85.2 Å². The van der Waals surface area contributed by atoms with Crippen LogP contribution in [0.1, 0.15) is 85.6 Å². The second kappa shape index (κ2) is 9.22. The number of aromatic nitrogens is 2. The molecule has 3 aliphatic rings. The third-order valence-corrected chi connectivity index (χ3v) is 12.9. The molecule has 2 amide bonds.